The first kappa shape index (κ1) is 19.7. The number of hydrogen-bond donors (Lipinski definition) is 2. The number of benzene rings is 1. The van der Waals surface area contributed by atoms with Crippen LogP contribution in [0.2, 0.25) is 4.34 Å². The van der Waals surface area contributed by atoms with Crippen molar-refractivity contribution in [1.29, 1.82) is 0 Å². The van der Waals surface area contributed by atoms with E-state index in [2.05, 4.69) is 10.4 Å². The number of alkyl halides is 3. The molecule has 0 aliphatic rings. The van der Waals surface area contributed by atoms with E-state index in [1.165, 1.54) is 23.5 Å². The Morgan fingerprint density at radius 3 is 2.67 bits per heavy atom. The van der Waals surface area contributed by atoms with Gasteiger partial charge in [-0.2, -0.15) is 18.3 Å². The Labute approximate surface area is 163 Å². The molecule has 1 atom stereocenters. The maximum atomic E-state index is 13.2. The van der Waals surface area contributed by atoms with Crippen LogP contribution in [0.25, 0.3) is 11.3 Å². The number of nitrogens with one attached hydrogen (secondary N) is 1. The van der Waals surface area contributed by atoms with Gasteiger partial charge in [0.15, 0.2) is 0 Å². The number of aryl methyl sites for hydroxylation is 1. The van der Waals surface area contributed by atoms with Gasteiger partial charge in [0.2, 0.25) is 0 Å². The van der Waals surface area contributed by atoms with Gasteiger partial charge in [0.1, 0.15) is 4.34 Å². The van der Waals surface area contributed by atoms with Crippen molar-refractivity contribution in [3.05, 3.63) is 58.1 Å². The summed E-state index contributed by atoms with van der Waals surface area (Å²) in [7, 11) is 1.81. The lowest BCUT2D eigenvalue weighted by atomic mass is 10.00. The Bertz CT molecular complexity index is 919. The molecule has 144 valence electrons. The first-order valence-corrected chi connectivity index (χ1v) is 9.38. The number of thiophene rings is 1. The van der Waals surface area contributed by atoms with E-state index in [0.717, 1.165) is 22.3 Å². The van der Waals surface area contributed by atoms with Crippen molar-refractivity contribution in [3.8, 4) is 11.3 Å². The van der Waals surface area contributed by atoms with Crippen LogP contribution in [-0.2, 0) is 19.6 Å². The SMILES string of the molecule is Cn1nccc1-c1cc(N[C@H](CN)Cc2ccccc2C(F)(F)F)sc1Cl. The molecule has 0 radical (unpaired) electrons. The van der Waals surface area contributed by atoms with E-state index < -0.39 is 11.7 Å². The van der Waals surface area contributed by atoms with Gasteiger partial charge in [0, 0.05) is 31.4 Å². The highest BCUT2D eigenvalue weighted by atomic mass is 35.5. The molecule has 0 saturated carbocycles. The van der Waals surface area contributed by atoms with Crippen LogP contribution >= 0.6 is 22.9 Å². The first-order chi connectivity index (χ1) is 12.8. The number of anilines is 1. The summed E-state index contributed by atoms with van der Waals surface area (Å²) in [5.41, 5.74) is 7.05. The van der Waals surface area contributed by atoms with Crippen molar-refractivity contribution in [2.75, 3.05) is 11.9 Å². The minimum Gasteiger partial charge on any atom is -0.373 e. The molecular weight excluding hydrogens is 397 g/mol. The van der Waals surface area contributed by atoms with Crippen LogP contribution < -0.4 is 11.1 Å². The molecule has 4 nitrogen and oxygen atoms in total. The van der Waals surface area contributed by atoms with Crippen LogP contribution in [-0.4, -0.2) is 22.4 Å². The van der Waals surface area contributed by atoms with Gasteiger partial charge >= 0.3 is 6.18 Å². The number of hydrogen-bond acceptors (Lipinski definition) is 4. The molecular formula is C18H18ClF3N4S. The van der Waals surface area contributed by atoms with E-state index >= 15 is 0 Å². The fraction of sp³-hybridized carbons (Fsp3) is 0.278. The highest BCUT2D eigenvalue weighted by Crippen LogP contribution is 2.39. The van der Waals surface area contributed by atoms with E-state index in [1.54, 1.807) is 16.9 Å². The quantitative estimate of drug-likeness (QED) is 0.609. The third kappa shape index (κ3) is 4.45. The van der Waals surface area contributed by atoms with Crippen LogP contribution in [0.5, 0.6) is 0 Å². The Morgan fingerprint density at radius 1 is 1.30 bits per heavy atom. The predicted molar refractivity (Wildman–Crippen MR) is 103 cm³/mol. The minimum atomic E-state index is -4.39. The number of aromatic nitrogens is 2. The Balaban J connectivity index is 1.80. The largest absolute Gasteiger partial charge is 0.416 e. The van der Waals surface area contributed by atoms with Gasteiger partial charge in [0.05, 0.1) is 16.3 Å². The van der Waals surface area contributed by atoms with Crippen LogP contribution in [0.1, 0.15) is 11.1 Å². The first-order valence-electron chi connectivity index (χ1n) is 8.19. The van der Waals surface area contributed by atoms with Crippen LogP contribution in [0, 0.1) is 0 Å². The van der Waals surface area contributed by atoms with Crippen LogP contribution in [0.3, 0.4) is 0 Å². The molecule has 0 amide bonds. The predicted octanol–water partition coefficient (Wildman–Crippen LogP) is 4.80. The van der Waals surface area contributed by atoms with Gasteiger partial charge in [0.25, 0.3) is 0 Å². The molecule has 3 N–H and O–H groups in total. The standard InChI is InChI=1S/C18H18ClF3N4S/c1-26-15(6-7-24-26)13-9-16(27-17(13)19)25-12(10-23)8-11-4-2-3-5-14(11)18(20,21)22/h2-7,9,12,25H,8,10,23H2,1H3/t12-/m0/s1. The number of halogens is 4. The molecule has 0 fully saturated rings. The van der Waals surface area contributed by atoms with E-state index in [0.29, 0.717) is 4.34 Å². The van der Waals surface area contributed by atoms with Gasteiger partial charge < -0.3 is 11.1 Å². The van der Waals surface area contributed by atoms with Gasteiger partial charge in [-0.15, -0.1) is 11.3 Å². The summed E-state index contributed by atoms with van der Waals surface area (Å²) in [5.74, 6) is 0. The average Bonchev–Trinajstić information content (AvgIpc) is 3.18. The summed E-state index contributed by atoms with van der Waals surface area (Å²) in [6, 6.07) is 8.90. The fourth-order valence-electron chi connectivity index (χ4n) is 2.89. The molecule has 0 spiro atoms. The molecule has 0 saturated heterocycles. The second-order valence-electron chi connectivity index (χ2n) is 6.07. The summed E-state index contributed by atoms with van der Waals surface area (Å²) in [4.78, 5) is 0. The highest BCUT2D eigenvalue weighted by molar-refractivity contribution is 7.20. The maximum absolute atomic E-state index is 13.2. The summed E-state index contributed by atoms with van der Waals surface area (Å²) in [5, 5.41) is 8.08. The van der Waals surface area contributed by atoms with Crippen molar-refractivity contribution >= 4 is 27.9 Å². The summed E-state index contributed by atoms with van der Waals surface area (Å²) < 4.78 is 41.9. The third-order valence-corrected chi connectivity index (χ3v) is 5.49. The van der Waals surface area contributed by atoms with Crippen LogP contribution in [0.15, 0.2) is 42.6 Å². The van der Waals surface area contributed by atoms with E-state index in [9.17, 15) is 13.2 Å². The molecule has 3 rings (SSSR count). The Morgan fingerprint density at radius 2 is 2.04 bits per heavy atom. The van der Waals surface area contributed by atoms with E-state index in [1.807, 2.05) is 19.2 Å². The number of nitrogens with two attached hydrogens (primary N) is 1. The van der Waals surface area contributed by atoms with E-state index in [-0.39, 0.29) is 24.6 Å². The minimum absolute atomic E-state index is 0.156. The zero-order valence-electron chi connectivity index (χ0n) is 14.4. The average molecular weight is 415 g/mol. The zero-order chi connectivity index (χ0) is 19.6. The second-order valence-corrected chi connectivity index (χ2v) is 7.73. The molecule has 2 aromatic heterocycles. The number of nitrogens with zero attached hydrogens (tertiary/aromatic N) is 2. The monoisotopic (exact) mass is 414 g/mol. The van der Waals surface area contributed by atoms with Gasteiger partial charge in [-0.05, 0) is 30.2 Å². The lowest BCUT2D eigenvalue weighted by Crippen LogP contribution is -2.31. The maximum Gasteiger partial charge on any atom is 0.416 e. The summed E-state index contributed by atoms with van der Waals surface area (Å²) in [6.45, 7) is 0.183. The van der Waals surface area contributed by atoms with Gasteiger partial charge in [-0.3, -0.25) is 4.68 Å². The van der Waals surface area contributed by atoms with Crippen molar-refractivity contribution in [2.45, 2.75) is 18.6 Å². The second kappa shape index (κ2) is 7.92. The smallest absolute Gasteiger partial charge is 0.373 e. The van der Waals surface area contributed by atoms with Crippen LogP contribution in [0.4, 0.5) is 18.2 Å². The Kier molecular flexibility index (Phi) is 5.78. The highest BCUT2D eigenvalue weighted by Gasteiger charge is 2.33. The topological polar surface area (TPSA) is 55.9 Å². The van der Waals surface area contributed by atoms with Crippen molar-refractivity contribution in [3.63, 3.8) is 0 Å². The van der Waals surface area contributed by atoms with Crippen molar-refractivity contribution in [2.24, 2.45) is 12.8 Å². The lowest BCUT2D eigenvalue weighted by Gasteiger charge is -2.19. The molecule has 0 aliphatic carbocycles. The Hall–Kier alpha value is -2.03. The third-order valence-electron chi connectivity index (χ3n) is 4.20. The van der Waals surface area contributed by atoms with Crippen molar-refractivity contribution < 1.29 is 13.2 Å². The van der Waals surface area contributed by atoms with Crippen molar-refractivity contribution in [1.82, 2.24) is 9.78 Å². The molecule has 0 unspecified atom stereocenters. The molecule has 2 heterocycles. The lowest BCUT2D eigenvalue weighted by molar-refractivity contribution is -0.138. The molecule has 27 heavy (non-hydrogen) atoms. The summed E-state index contributed by atoms with van der Waals surface area (Å²) in [6.07, 6.45) is -2.56. The van der Waals surface area contributed by atoms with E-state index in [4.69, 9.17) is 17.3 Å². The summed E-state index contributed by atoms with van der Waals surface area (Å²) >= 11 is 7.66. The van der Waals surface area contributed by atoms with Gasteiger partial charge in [-0.1, -0.05) is 29.8 Å². The fourth-order valence-corrected chi connectivity index (χ4v) is 4.16. The molecule has 0 bridgehead atoms. The van der Waals surface area contributed by atoms with Gasteiger partial charge in [-0.25, -0.2) is 0 Å². The molecule has 9 heteroatoms. The zero-order valence-corrected chi connectivity index (χ0v) is 16.0. The molecule has 1 aromatic carbocycles. The number of rotatable bonds is 6. The molecule has 0 aliphatic heterocycles. The normalized spacial score (nSPS) is 13.0. The molecule has 3 aromatic rings.